The molecule has 0 spiro atoms. The molecule has 162 valence electrons. The van der Waals surface area contributed by atoms with E-state index >= 15 is 0 Å². The highest BCUT2D eigenvalue weighted by Gasteiger charge is 2.27. The molecule has 0 bridgehead atoms. The number of halogens is 5. The van der Waals surface area contributed by atoms with Crippen molar-refractivity contribution in [1.29, 1.82) is 0 Å². The van der Waals surface area contributed by atoms with Crippen molar-refractivity contribution < 1.29 is 22.0 Å². The van der Waals surface area contributed by atoms with Crippen LogP contribution in [0.5, 0.6) is 0 Å². The van der Waals surface area contributed by atoms with E-state index in [1.807, 2.05) is 30.3 Å². The van der Waals surface area contributed by atoms with Crippen molar-refractivity contribution in [1.82, 2.24) is 0 Å². The van der Waals surface area contributed by atoms with Crippen molar-refractivity contribution in [2.45, 2.75) is 31.1 Å². The molecule has 1 N–H and O–H groups in total. The lowest BCUT2D eigenvalue weighted by atomic mass is 9.98. The minimum absolute atomic E-state index is 0.121. The van der Waals surface area contributed by atoms with Crippen molar-refractivity contribution >= 4 is 23.2 Å². The summed E-state index contributed by atoms with van der Waals surface area (Å²) in [7, 11) is 0. The Bertz CT molecular complexity index is 1100. The Morgan fingerprint density at radius 3 is 2.23 bits per heavy atom. The van der Waals surface area contributed by atoms with Crippen LogP contribution in [0.1, 0.15) is 30.0 Å². The van der Waals surface area contributed by atoms with E-state index in [9.17, 15) is 22.0 Å². The Morgan fingerprint density at radius 2 is 1.58 bits per heavy atom. The summed E-state index contributed by atoms with van der Waals surface area (Å²) in [5.74, 6) is -7.30. The topological polar surface area (TPSA) is 12.0 Å². The second-order valence-corrected chi connectivity index (χ2v) is 7.73. The molecule has 0 saturated heterocycles. The first-order valence-electron chi connectivity index (χ1n) is 9.62. The fourth-order valence-electron chi connectivity index (χ4n) is 3.10. The van der Waals surface area contributed by atoms with Gasteiger partial charge in [-0.1, -0.05) is 49.9 Å². The molecule has 0 aliphatic carbocycles. The molecular formula is C24H20F5NS. The normalized spacial score (nSPS) is 10.9. The molecule has 0 heterocycles. The number of hydrogen-bond acceptors (Lipinski definition) is 2. The molecule has 0 fully saturated rings. The second-order valence-electron chi connectivity index (χ2n) is 6.91. The van der Waals surface area contributed by atoms with Gasteiger partial charge in [-0.05, 0) is 60.0 Å². The third kappa shape index (κ3) is 5.10. The van der Waals surface area contributed by atoms with Crippen LogP contribution in [-0.4, -0.2) is 0 Å². The standard InChI is InChI=1S/C24H20F5NS/c1-3-16-11-12-17(13-18(16)25)30-31-24-19(20(26)21(27)22(28)23(24)29)14(2)9-10-15-7-5-4-6-8-15/h4-8,11-13,30H,2-3,9-10H2,1H3. The van der Waals surface area contributed by atoms with Crippen LogP contribution >= 0.6 is 11.9 Å². The molecule has 0 amide bonds. The molecule has 0 aromatic heterocycles. The second kappa shape index (κ2) is 10.0. The SMILES string of the molecule is C=C(CCc1ccccc1)c1c(F)c(F)c(F)c(F)c1SNc1ccc(CC)c(F)c1. The monoisotopic (exact) mass is 449 g/mol. The Balaban J connectivity index is 1.89. The Kier molecular flexibility index (Phi) is 7.38. The Hall–Kier alpha value is -2.80. The van der Waals surface area contributed by atoms with Gasteiger partial charge in [0.2, 0.25) is 0 Å². The lowest BCUT2D eigenvalue weighted by Gasteiger charge is -2.16. The minimum atomic E-state index is -1.91. The number of nitrogens with one attached hydrogen (secondary N) is 1. The van der Waals surface area contributed by atoms with Crippen LogP contribution < -0.4 is 4.72 Å². The van der Waals surface area contributed by atoms with Crippen LogP contribution in [0.25, 0.3) is 5.57 Å². The molecule has 0 aliphatic rings. The maximum atomic E-state index is 14.6. The highest BCUT2D eigenvalue weighted by atomic mass is 32.2. The summed E-state index contributed by atoms with van der Waals surface area (Å²) in [5, 5.41) is 0. The van der Waals surface area contributed by atoms with Crippen LogP contribution in [0.3, 0.4) is 0 Å². The molecule has 0 unspecified atom stereocenters. The molecule has 7 heteroatoms. The van der Waals surface area contributed by atoms with E-state index in [0.29, 0.717) is 30.4 Å². The van der Waals surface area contributed by atoms with Crippen molar-refractivity contribution in [2.75, 3.05) is 4.72 Å². The zero-order chi connectivity index (χ0) is 22.5. The Labute approximate surface area is 182 Å². The molecule has 3 aromatic rings. The predicted octanol–water partition coefficient (Wildman–Crippen LogP) is 7.71. The summed E-state index contributed by atoms with van der Waals surface area (Å²) >= 11 is 0.537. The van der Waals surface area contributed by atoms with Crippen molar-refractivity contribution in [2.24, 2.45) is 0 Å². The van der Waals surface area contributed by atoms with Crippen LogP contribution in [0.15, 0.2) is 60.0 Å². The van der Waals surface area contributed by atoms with Gasteiger partial charge in [0.15, 0.2) is 23.3 Å². The molecule has 0 atom stereocenters. The summed E-state index contributed by atoms with van der Waals surface area (Å²) in [6.07, 6.45) is 1.16. The first-order valence-corrected chi connectivity index (χ1v) is 10.4. The number of rotatable bonds is 8. The summed E-state index contributed by atoms with van der Waals surface area (Å²) < 4.78 is 73.7. The van der Waals surface area contributed by atoms with E-state index in [1.165, 1.54) is 6.07 Å². The third-order valence-electron chi connectivity index (χ3n) is 4.84. The fraction of sp³-hybridized carbons (Fsp3) is 0.167. The molecule has 3 aromatic carbocycles. The van der Waals surface area contributed by atoms with Crippen LogP contribution in [0, 0.1) is 29.1 Å². The van der Waals surface area contributed by atoms with E-state index in [2.05, 4.69) is 11.3 Å². The predicted molar refractivity (Wildman–Crippen MR) is 115 cm³/mol. The van der Waals surface area contributed by atoms with Crippen molar-refractivity contribution in [3.8, 4) is 0 Å². The van der Waals surface area contributed by atoms with Gasteiger partial charge in [0.05, 0.1) is 4.90 Å². The number of aryl methyl sites for hydroxylation is 2. The summed E-state index contributed by atoms with van der Waals surface area (Å²) in [6.45, 7) is 5.57. The van der Waals surface area contributed by atoms with Gasteiger partial charge in [-0.3, -0.25) is 0 Å². The largest absolute Gasteiger partial charge is 0.325 e. The van der Waals surface area contributed by atoms with Gasteiger partial charge in [-0.2, -0.15) is 0 Å². The first-order chi connectivity index (χ1) is 14.8. The summed E-state index contributed by atoms with van der Waals surface area (Å²) in [5.41, 5.74) is 1.39. The zero-order valence-corrected chi connectivity index (χ0v) is 17.6. The van der Waals surface area contributed by atoms with Gasteiger partial charge in [0.25, 0.3) is 0 Å². The maximum absolute atomic E-state index is 14.6. The molecule has 0 saturated carbocycles. The van der Waals surface area contributed by atoms with E-state index in [4.69, 9.17) is 0 Å². The van der Waals surface area contributed by atoms with Crippen LogP contribution in [0.2, 0.25) is 0 Å². The average molecular weight is 449 g/mol. The van der Waals surface area contributed by atoms with Gasteiger partial charge in [0, 0.05) is 11.3 Å². The van der Waals surface area contributed by atoms with Gasteiger partial charge in [-0.15, -0.1) is 0 Å². The van der Waals surface area contributed by atoms with E-state index in [1.54, 1.807) is 19.1 Å². The van der Waals surface area contributed by atoms with Gasteiger partial charge in [-0.25, -0.2) is 22.0 Å². The van der Waals surface area contributed by atoms with Crippen molar-refractivity contribution in [3.63, 3.8) is 0 Å². The summed E-state index contributed by atoms with van der Waals surface area (Å²) in [6, 6.07) is 13.6. The quantitative estimate of drug-likeness (QED) is 0.164. The zero-order valence-electron chi connectivity index (χ0n) is 16.7. The van der Waals surface area contributed by atoms with E-state index in [0.717, 1.165) is 5.56 Å². The highest BCUT2D eigenvalue weighted by molar-refractivity contribution is 8.00. The maximum Gasteiger partial charge on any atom is 0.198 e. The number of allylic oxidation sites excluding steroid dienone is 1. The average Bonchev–Trinajstić information content (AvgIpc) is 2.78. The van der Waals surface area contributed by atoms with E-state index in [-0.39, 0.29) is 17.7 Å². The number of benzene rings is 3. The van der Waals surface area contributed by atoms with E-state index < -0.39 is 39.5 Å². The van der Waals surface area contributed by atoms with Gasteiger partial charge in [0.1, 0.15) is 5.82 Å². The van der Waals surface area contributed by atoms with Gasteiger partial charge < -0.3 is 4.72 Å². The summed E-state index contributed by atoms with van der Waals surface area (Å²) in [4.78, 5) is -0.477. The molecule has 3 rings (SSSR count). The van der Waals surface area contributed by atoms with Crippen LogP contribution in [-0.2, 0) is 12.8 Å². The molecule has 0 aliphatic heterocycles. The number of anilines is 1. The number of hydrogen-bond donors (Lipinski definition) is 1. The molecule has 31 heavy (non-hydrogen) atoms. The lowest BCUT2D eigenvalue weighted by molar-refractivity contribution is 0.396. The Morgan fingerprint density at radius 1 is 0.903 bits per heavy atom. The minimum Gasteiger partial charge on any atom is -0.325 e. The molecular weight excluding hydrogens is 429 g/mol. The third-order valence-corrected chi connectivity index (χ3v) is 5.77. The van der Waals surface area contributed by atoms with Gasteiger partial charge >= 0.3 is 0 Å². The van der Waals surface area contributed by atoms with Crippen molar-refractivity contribution in [3.05, 3.63) is 101 Å². The smallest absolute Gasteiger partial charge is 0.198 e. The van der Waals surface area contributed by atoms with Crippen LogP contribution in [0.4, 0.5) is 27.6 Å². The highest BCUT2D eigenvalue weighted by Crippen LogP contribution is 2.37. The fourth-order valence-corrected chi connectivity index (χ4v) is 3.96. The first kappa shape index (κ1) is 22.9. The molecule has 0 radical (unpaired) electrons. The lowest BCUT2D eigenvalue weighted by Crippen LogP contribution is -2.07. The molecule has 1 nitrogen and oxygen atoms in total.